The average molecular weight is 1350 g/mol. The summed E-state index contributed by atoms with van der Waals surface area (Å²) in [5.41, 5.74) is 21.8. The van der Waals surface area contributed by atoms with Gasteiger partial charge in [-0.05, 0) is 149 Å². The van der Waals surface area contributed by atoms with E-state index in [4.69, 9.17) is 9.97 Å². The predicted octanol–water partition coefficient (Wildman–Crippen LogP) is 26.9. The molecule has 7 aromatic heterocycles. The number of fused-ring (bicyclic) bond motifs is 18. The van der Waals surface area contributed by atoms with E-state index in [2.05, 4.69) is 347 Å². The molecule has 5 nitrogen and oxygen atoms in total. The molecular weight excluding hydrogens is 1300 g/mol. The predicted molar refractivity (Wildman–Crippen MR) is 436 cm³/mol. The van der Waals surface area contributed by atoms with Crippen LogP contribution in [0.1, 0.15) is 0 Å². The van der Waals surface area contributed by atoms with Crippen molar-refractivity contribution >= 4 is 160 Å². The summed E-state index contributed by atoms with van der Waals surface area (Å²) >= 11 is 5.58. The molecule has 0 atom stereocenters. The van der Waals surface area contributed by atoms with Gasteiger partial charge in [-0.25, -0.2) is 9.97 Å². The maximum Gasteiger partial charge on any atom is 0.160 e. The fraction of sp³-hybridized carbons (Fsp3) is 0. The Kier molecular flexibility index (Phi) is 12.6. The summed E-state index contributed by atoms with van der Waals surface area (Å²) in [7, 11) is 0. The number of hydrogen-bond acceptors (Lipinski definition) is 5. The van der Waals surface area contributed by atoms with E-state index in [1.165, 1.54) is 126 Å². The second-order valence-electron chi connectivity index (χ2n) is 26.8. The number of nitrogens with zero attached hydrogens (tertiary/aromatic N) is 5. The van der Waals surface area contributed by atoms with Gasteiger partial charge in [-0.1, -0.05) is 218 Å². The van der Waals surface area contributed by atoms with Crippen LogP contribution in [-0.4, -0.2) is 23.7 Å². The zero-order valence-corrected chi connectivity index (χ0v) is 57.2. The van der Waals surface area contributed by atoms with Crippen LogP contribution in [0.4, 0.5) is 0 Å². The second-order valence-corrected chi connectivity index (χ2v) is 30.0. The molecule has 7 heterocycles. The minimum Gasteiger partial charge on any atom is -0.309 e. The van der Waals surface area contributed by atoms with Crippen molar-refractivity contribution in [3.05, 3.63) is 334 Å². The highest BCUT2D eigenvalue weighted by Crippen LogP contribution is 2.45. The van der Waals surface area contributed by atoms with E-state index in [0.29, 0.717) is 5.82 Å². The topological polar surface area (TPSA) is 40.6 Å². The largest absolute Gasteiger partial charge is 0.309 e. The molecule has 0 aliphatic rings. The lowest BCUT2D eigenvalue weighted by Crippen LogP contribution is -1.99. The van der Waals surface area contributed by atoms with Gasteiger partial charge in [0.05, 0.1) is 44.5 Å². The Morgan fingerprint density at radius 1 is 0.176 bits per heavy atom. The molecule has 0 unspecified atom stereocenters. The smallest absolute Gasteiger partial charge is 0.160 e. The number of para-hydroxylation sites is 3. The number of aromatic nitrogens is 5. The quantitative estimate of drug-likeness (QED) is 0.144. The Morgan fingerprint density at radius 2 is 0.471 bits per heavy atom. The Morgan fingerprint density at radius 3 is 0.853 bits per heavy atom. The monoisotopic (exact) mass is 1350 g/mol. The van der Waals surface area contributed by atoms with Gasteiger partial charge in [-0.2, -0.15) is 0 Å². The van der Waals surface area contributed by atoms with Crippen molar-refractivity contribution in [3.63, 3.8) is 0 Å². The first kappa shape index (κ1) is 57.4. The van der Waals surface area contributed by atoms with Crippen LogP contribution >= 0.6 is 34.0 Å². The Bertz CT molecular complexity index is 6960. The van der Waals surface area contributed by atoms with Crippen molar-refractivity contribution < 1.29 is 0 Å². The maximum absolute atomic E-state index is 5.57. The molecular formula is C94H55N5S3. The number of thiophene rings is 3. The minimum atomic E-state index is 0.642. The minimum absolute atomic E-state index is 0.642. The summed E-state index contributed by atoms with van der Waals surface area (Å²) in [5, 5.41) is 15.1. The molecule has 8 heteroatoms. The first-order chi connectivity index (χ1) is 50.5. The van der Waals surface area contributed by atoms with Crippen molar-refractivity contribution in [1.29, 1.82) is 0 Å². The van der Waals surface area contributed by atoms with Crippen molar-refractivity contribution in [2.24, 2.45) is 0 Å². The summed E-state index contributed by atoms with van der Waals surface area (Å²) in [6, 6.07) is 123. The number of rotatable bonds is 9. The van der Waals surface area contributed by atoms with E-state index in [1.54, 1.807) is 0 Å². The fourth-order valence-corrected chi connectivity index (χ4v) is 19.7. The Hall–Kier alpha value is -12.6. The average Bonchev–Trinajstić information content (AvgIpc) is 1.58. The molecule has 0 bridgehead atoms. The highest BCUT2D eigenvalue weighted by atomic mass is 32.1. The van der Waals surface area contributed by atoms with Crippen molar-refractivity contribution in [3.8, 4) is 84.3 Å². The molecule has 0 radical (unpaired) electrons. The van der Waals surface area contributed by atoms with E-state index < -0.39 is 0 Å². The van der Waals surface area contributed by atoms with Crippen molar-refractivity contribution in [2.45, 2.75) is 0 Å². The summed E-state index contributed by atoms with van der Waals surface area (Å²) in [6.45, 7) is 0. The van der Waals surface area contributed by atoms with Crippen LogP contribution in [0.25, 0.3) is 210 Å². The van der Waals surface area contributed by atoms with Crippen molar-refractivity contribution in [2.75, 3.05) is 0 Å². The third kappa shape index (κ3) is 9.00. The molecule has 102 heavy (non-hydrogen) atoms. The lowest BCUT2D eigenvalue weighted by Gasteiger charge is -2.14. The van der Waals surface area contributed by atoms with Gasteiger partial charge in [0.15, 0.2) is 5.82 Å². The first-order valence-corrected chi connectivity index (χ1v) is 37.0. The highest BCUT2D eigenvalue weighted by Gasteiger charge is 2.21. The lowest BCUT2D eigenvalue weighted by atomic mass is 10.0. The standard InChI is InChI=1S/C94H55N5S3/c1-7-22-82-68(16-1)71-42-32-58(61-35-45-77-74-19-4-10-25-88(74)100-91(77)52-61)49-85(71)97(82)65-38-28-56(29-39-65)80-55-81(57-30-40-66(41-31-57)98-83-23-8-2-17-69(83)72-43-33-59(50-86(72)98)62-36-46-78-75-20-5-11-26-89(75)101-92(78)53-62)96-94(95-80)64-14-13-15-67(48-64)99-84-24-9-3-18-70(84)73-44-34-60(51-87(73)99)63-37-47-79-76-21-6-12-27-90(76)102-93(79)54-63/h1-55H. The van der Waals surface area contributed by atoms with Gasteiger partial charge in [0.1, 0.15) is 0 Å². The van der Waals surface area contributed by atoms with Gasteiger partial charge in [0, 0.05) is 127 Å². The fourth-order valence-electron chi connectivity index (χ4n) is 16.2. The van der Waals surface area contributed by atoms with Crippen LogP contribution in [0.15, 0.2) is 334 Å². The molecule has 0 saturated carbocycles. The van der Waals surface area contributed by atoms with Crippen LogP contribution in [0.2, 0.25) is 0 Å². The highest BCUT2D eigenvalue weighted by molar-refractivity contribution is 7.26. The van der Waals surface area contributed by atoms with E-state index in [0.717, 1.165) is 78.2 Å². The molecule has 0 saturated heterocycles. The molecule has 0 aliphatic carbocycles. The first-order valence-electron chi connectivity index (χ1n) is 34.6. The van der Waals surface area contributed by atoms with Gasteiger partial charge < -0.3 is 13.7 Å². The molecule has 0 fully saturated rings. The van der Waals surface area contributed by atoms with Gasteiger partial charge in [-0.3, -0.25) is 0 Å². The molecule has 22 aromatic rings. The Balaban J connectivity index is 0.675. The molecule has 0 amide bonds. The molecule has 474 valence electrons. The zero-order chi connectivity index (χ0) is 66.7. The van der Waals surface area contributed by atoms with Gasteiger partial charge >= 0.3 is 0 Å². The zero-order valence-electron chi connectivity index (χ0n) is 54.7. The van der Waals surface area contributed by atoms with Crippen LogP contribution in [-0.2, 0) is 0 Å². The van der Waals surface area contributed by atoms with Crippen LogP contribution in [0.5, 0.6) is 0 Å². The SMILES string of the molecule is c1cc(-c2nc(-c3ccc(-n4c5ccccc5c5ccc(-c6ccc7c(c6)sc6ccccc67)cc54)cc3)cc(-c3ccc(-n4c5ccccc5c5ccc(-c6ccc7c(c6)sc6ccccc67)cc54)cc3)n2)cc(-n2c3ccccc3c3ccc(-c4ccc5c(c4)sc4ccccc45)cc32)c1. The second kappa shape index (κ2) is 22.5. The molecule has 22 rings (SSSR count). The summed E-state index contributed by atoms with van der Waals surface area (Å²) in [4.78, 5) is 11.1. The van der Waals surface area contributed by atoms with Crippen LogP contribution in [0, 0.1) is 0 Å². The third-order valence-corrected chi connectivity index (χ3v) is 24.5. The number of benzene rings is 15. The van der Waals surface area contributed by atoms with Crippen molar-refractivity contribution in [1.82, 2.24) is 23.7 Å². The summed E-state index contributed by atoms with van der Waals surface area (Å²) in [6.07, 6.45) is 0. The van der Waals surface area contributed by atoms with E-state index in [1.807, 2.05) is 34.0 Å². The van der Waals surface area contributed by atoms with E-state index >= 15 is 0 Å². The number of hydrogen-bond donors (Lipinski definition) is 0. The molecule has 0 spiro atoms. The molecule has 0 N–H and O–H groups in total. The van der Waals surface area contributed by atoms with Crippen LogP contribution in [0.3, 0.4) is 0 Å². The Labute approximate surface area is 597 Å². The maximum atomic E-state index is 5.57. The van der Waals surface area contributed by atoms with Gasteiger partial charge in [0.25, 0.3) is 0 Å². The molecule has 0 aliphatic heterocycles. The van der Waals surface area contributed by atoms with Crippen LogP contribution < -0.4 is 0 Å². The summed E-state index contributed by atoms with van der Waals surface area (Å²) < 4.78 is 15.1. The van der Waals surface area contributed by atoms with Gasteiger partial charge in [0.2, 0.25) is 0 Å². The lowest BCUT2D eigenvalue weighted by molar-refractivity contribution is 1.15. The van der Waals surface area contributed by atoms with E-state index in [-0.39, 0.29) is 0 Å². The van der Waals surface area contributed by atoms with Gasteiger partial charge in [-0.15, -0.1) is 34.0 Å². The normalized spacial score (nSPS) is 12.1. The van der Waals surface area contributed by atoms with E-state index in [9.17, 15) is 0 Å². The summed E-state index contributed by atoms with van der Waals surface area (Å²) in [5.74, 6) is 0.642. The third-order valence-electron chi connectivity index (χ3n) is 21.1. The molecule has 15 aromatic carbocycles.